The van der Waals surface area contributed by atoms with Gasteiger partial charge in [-0.2, -0.15) is 0 Å². The van der Waals surface area contributed by atoms with Crippen molar-refractivity contribution in [1.29, 1.82) is 0 Å². The third kappa shape index (κ3) is 3.45. The second kappa shape index (κ2) is 5.85. The van der Waals surface area contributed by atoms with Gasteiger partial charge < -0.3 is 10.6 Å². The van der Waals surface area contributed by atoms with E-state index in [0.717, 1.165) is 24.1 Å². The lowest BCUT2D eigenvalue weighted by Gasteiger charge is -2.10. The van der Waals surface area contributed by atoms with Gasteiger partial charge in [0.15, 0.2) is 5.96 Å². The summed E-state index contributed by atoms with van der Waals surface area (Å²) in [4.78, 5) is 8.95. The maximum absolute atomic E-state index is 4.59. The van der Waals surface area contributed by atoms with Crippen LogP contribution in [0.5, 0.6) is 0 Å². The second-order valence-electron chi connectivity index (χ2n) is 4.93. The number of pyridine rings is 1. The van der Waals surface area contributed by atoms with Crippen molar-refractivity contribution >= 4 is 5.96 Å². The van der Waals surface area contributed by atoms with Crippen LogP contribution in [0.1, 0.15) is 31.5 Å². The Labute approximate surface area is 109 Å². The largest absolute Gasteiger partial charge is 0.357 e. The Kier molecular flexibility index (Phi) is 4.18. The Hall–Kier alpha value is -1.58. The molecule has 1 fully saturated rings. The summed E-state index contributed by atoms with van der Waals surface area (Å²) < 4.78 is 0. The maximum Gasteiger partial charge on any atom is 0.191 e. The van der Waals surface area contributed by atoms with Gasteiger partial charge in [-0.25, -0.2) is 4.99 Å². The molecule has 0 bridgehead atoms. The Morgan fingerprint density at radius 3 is 2.94 bits per heavy atom. The lowest BCUT2D eigenvalue weighted by Crippen LogP contribution is -2.39. The average molecular weight is 246 g/mol. The molecule has 4 nitrogen and oxygen atoms in total. The normalized spacial score (nSPS) is 22.7. The van der Waals surface area contributed by atoms with Crippen molar-refractivity contribution in [3.63, 3.8) is 0 Å². The van der Waals surface area contributed by atoms with Gasteiger partial charge in [0.1, 0.15) is 0 Å². The summed E-state index contributed by atoms with van der Waals surface area (Å²) in [5, 5.41) is 6.72. The maximum atomic E-state index is 4.59. The summed E-state index contributed by atoms with van der Waals surface area (Å²) in [5.74, 6) is 1.67. The molecule has 0 aromatic carbocycles. The Bertz CT molecular complexity index is 428. The number of rotatable bonds is 4. The fourth-order valence-electron chi connectivity index (χ4n) is 1.86. The van der Waals surface area contributed by atoms with Gasteiger partial charge in [0.2, 0.25) is 0 Å². The monoisotopic (exact) mass is 246 g/mol. The fraction of sp³-hybridized carbons (Fsp3) is 0.571. The first-order valence-corrected chi connectivity index (χ1v) is 6.66. The van der Waals surface area contributed by atoms with Crippen molar-refractivity contribution in [2.24, 2.45) is 10.9 Å². The minimum atomic E-state index is 0.590. The van der Waals surface area contributed by atoms with Gasteiger partial charge in [-0.1, -0.05) is 13.0 Å². The zero-order valence-electron chi connectivity index (χ0n) is 11.4. The van der Waals surface area contributed by atoms with Gasteiger partial charge in [-0.15, -0.1) is 0 Å². The molecule has 0 saturated heterocycles. The van der Waals surface area contributed by atoms with Crippen LogP contribution < -0.4 is 10.6 Å². The number of nitrogens with one attached hydrogen (secondary N) is 2. The number of aliphatic imine (C=N–C) groups is 1. The SMILES string of the molecule is CCNC(=NCc1ncccc1C)NC1CC1C. The molecule has 0 spiro atoms. The van der Waals surface area contributed by atoms with Crippen LogP contribution in [0.15, 0.2) is 23.3 Å². The lowest BCUT2D eigenvalue weighted by atomic mass is 10.2. The summed E-state index contributed by atoms with van der Waals surface area (Å²) in [7, 11) is 0. The van der Waals surface area contributed by atoms with E-state index in [-0.39, 0.29) is 0 Å². The van der Waals surface area contributed by atoms with Crippen LogP contribution in [0.3, 0.4) is 0 Å². The molecular formula is C14H22N4. The van der Waals surface area contributed by atoms with Crippen molar-refractivity contribution in [2.45, 2.75) is 39.8 Å². The lowest BCUT2D eigenvalue weighted by molar-refractivity contribution is 0.764. The van der Waals surface area contributed by atoms with E-state index in [1.807, 2.05) is 12.3 Å². The molecular weight excluding hydrogens is 224 g/mol. The molecule has 98 valence electrons. The average Bonchev–Trinajstić information content (AvgIpc) is 3.04. The highest BCUT2D eigenvalue weighted by molar-refractivity contribution is 5.80. The third-order valence-corrected chi connectivity index (χ3v) is 3.28. The number of hydrogen-bond donors (Lipinski definition) is 2. The Morgan fingerprint density at radius 2 is 2.33 bits per heavy atom. The van der Waals surface area contributed by atoms with E-state index in [2.05, 4.69) is 47.4 Å². The van der Waals surface area contributed by atoms with Gasteiger partial charge in [0.05, 0.1) is 12.2 Å². The van der Waals surface area contributed by atoms with Crippen LogP contribution in [0.25, 0.3) is 0 Å². The molecule has 1 aromatic rings. The first-order chi connectivity index (χ1) is 8.70. The van der Waals surface area contributed by atoms with Crippen LogP contribution in [-0.2, 0) is 6.54 Å². The minimum Gasteiger partial charge on any atom is -0.357 e. The van der Waals surface area contributed by atoms with Crippen LogP contribution in [0.2, 0.25) is 0 Å². The second-order valence-corrected chi connectivity index (χ2v) is 4.93. The predicted octanol–water partition coefficient (Wildman–Crippen LogP) is 1.85. The Morgan fingerprint density at radius 1 is 1.56 bits per heavy atom. The molecule has 2 atom stereocenters. The number of guanidine groups is 1. The summed E-state index contributed by atoms with van der Waals surface area (Å²) in [6.07, 6.45) is 3.06. The fourth-order valence-corrected chi connectivity index (χ4v) is 1.86. The summed E-state index contributed by atoms with van der Waals surface area (Å²) in [6, 6.07) is 4.62. The van der Waals surface area contributed by atoms with Crippen molar-refractivity contribution < 1.29 is 0 Å². The molecule has 0 amide bonds. The first kappa shape index (κ1) is 12.9. The highest BCUT2D eigenvalue weighted by Crippen LogP contribution is 2.28. The van der Waals surface area contributed by atoms with Crippen molar-refractivity contribution in [3.05, 3.63) is 29.6 Å². The molecule has 4 heteroatoms. The van der Waals surface area contributed by atoms with E-state index in [4.69, 9.17) is 0 Å². The molecule has 0 radical (unpaired) electrons. The van der Waals surface area contributed by atoms with Crippen molar-refractivity contribution in [1.82, 2.24) is 15.6 Å². The van der Waals surface area contributed by atoms with Crippen LogP contribution in [-0.4, -0.2) is 23.5 Å². The van der Waals surface area contributed by atoms with E-state index in [1.165, 1.54) is 12.0 Å². The summed E-state index contributed by atoms with van der Waals surface area (Å²) in [5.41, 5.74) is 2.23. The standard InChI is InChI=1S/C14H22N4/c1-4-15-14(18-12-8-11(12)3)17-9-13-10(2)6-5-7-16-13/h5-7,11-12H,4,8-9H2,1-3H3,(H2,15,17,18). The first-order valence-electron chi connectivity index (χ1n) is 6.66. The van der Waals surface area contributed by atoms with Crippen molar-refractivity contribution in [2.75, 3.05) is 6.54 Å². The zero-order valence-corrected chi connectivity index (χ0v) is 11.4. The molecule has 1 aromatic heterocycles. The van der Waals surface area contributed by atoms with Gasteiger partial charge >= 0.3 is 0 Å². The van der Waals surface area contributed by atoms with Gasteiger partial charge in [0, 0.05) is 18.8 Å². The Balaban J connectivity index is 1.97. The number of aromatic nitrogens is 1. The number of hydrogen-bond acceptors (Lipinski definition) is 2. The van der Waals surface area contributed by atoms with E-state index < -0.39 is 0 Å². The molecule has 2 N–H and O–H groups in total. The number of nitrogens with zero attached hydrogens (tertiary/aromatic N) is 2. The molecule has 1 aliphatic rings. The topological polar surface area (TPSA) is 49.3 Å². The molecule has 0 aliphatic heterocycles. The summed E-state index contributed by atoms with van der Waals surface area (Å²) >= 11 is 0. The molecule has 1 heterocycles. The van der Waals surface area contributed by atoms with E-state index in [9.17, 15) is 0 Å². The highest BCUT2D eigenvalue weighted by atomic mass is 15.2. The van der Waals surface area contributed by atoms with E-state index in [1.54, 1.807) is 0 Å². The van der Waals surface area contributed by atoms with Gasteiger partial charge in [0.25, 0.3) is 0 Å². The third-order valence-electron chi connectivity index (χ3n) is 3.28. The molecule has 18 heavy (non-hydrogen) atoms. The van der Waals surface area contributed by atoms with Gasteiger partial charge in [-0.05, 0) is 37.8 Å². The summed E-state index contributed by atoms with van der Waals surface area (Å²) in [6.45, 7) is 7.92. The number of aryl methyl sites for hydroxylation is 1. The van der Waals surface area contributed by atoms with Crippen LogP contribution >= 0.6 is 0 Å². The highest BCUT2D eigenvalue weighted by Gasteiger charge is 2.33. The molecule has 2 unspecified atom stereocenters. The van der Waals surface area contributed by atoms with E-state index in [0.29, 0.717) is 12.6 Å². The zero-order chi connectivity index (χ0) is 13.0. The van der Waals surface area contributed by atoms with Crippen LogP contribution in [0.4, 0.5) is 0 Å². The molecule has 1 saturated carbocycles. The van der Waals surface area contributed by atoms with Crippen molar-refractivity contribution in [3.8, 4) is 0 Å². The minimum absolute atomic E-state index is 0.590. The molecule has 1 aliphatic carbocycles. The quantitative estimate of drug-likeness (QED) is 0.629. The van der Waals surface area contributed by atoms with Gasteiger partial charge in [-0.3, -0.25) is 4.98 Å². The van der Waals surface area contributed by atoms with E-state index >= 15 is 0 Å². The van der Waals surface area contributed by atoms with Crippen LogP contribution in [0, 0.1) is 12.8 Å². The smallest absolute Gasteiger partial charge is 0.191 e. The predicted molar refractivity (Wildman–Crippen MR) is 74.5 cm³/mol. The molecule has 2 rings (SSSR count).